The van der Waals surface area contributed by atoms with Gasteiger partial charge in [0.1, 0.15) is 10.0 Å². The van der Waals surface area contributed by atoms with Crippen LogP contribution in [0.1, 0.15) is 90.8 Å². The molecule has 2 atom stereocenters. The largest absolute Gasteiger partial charge is 0.317 e. The molecule has 10 nitrogen and oxygen atoms in total. The Morgan fingerprint density at radius 2 is 1.65 bits per heavy atom. The molecule has 1 saturated heterocycles. The third-order valence-electron chi connectivity index (χ3n) is 8.28. The van der Waals surface area contributed by atoms with Crippen LogP contribution in [-0.4, -0.2) is 58.6 Å². The van der Waals surface area contributed by atoms with Gasteiger partial charge in [0.05, 0.1) is 12.8 Å². The molecule has 1 aliphatic heterocycles. The zero-order valence-electron chi connectivity index (χ0n) is 26.5. The van der Waals surface area contributed by atoms with Crippen LogP contribution in [0.25, 0.3) is 0 Å². The molecule has 3 N–H and O–H groups in total. The van der Waals surface area contributed by atoms with Crippen LogP contribution in [0.3, 0.4) is 0 Å². The number of rotatable bonds is 12. The van der Waals surface area contributed by atoms with Gasteiger partial charge in [-0.05, 0) is 80.3 Å². The number of carbonyl (C=O) groups excluding carboxylic acids is 2. The molecule has 0 bridgehead atoms. The van der Waals surface area contributed by atoms with E-state index < -0.39 is 0 Å². The van der Waals surface area contributed by atoms with Gasteiger partial charge >= 0.3 is 0 Å². The predicted molar refractivity (Wildman–Crippen MR) is 187 cm³/mol. The molecule has 1 aliphatic carbocycles. The first-order chi connectivity index (χ1) is 22.4. The van der Waals surface area contributed by atoms with E-state index in [9.17, 15) is 9.59 Å². The molecule has 0 radical (unpaired) electrons. The molecule has 1 saturated carbocycles. The Balaban J connectivity index is 1.10. The Labute approximate surface area is 278 Å². The predicted octanol–water partition coefficient (Wildman–Crippen LogP) is 6.57. The van der Waals surface area contributed by atoms with E-state index in [1.165, 1.54) is 28.2 Å². The van der Waals surface area contributed by atoms with Crippen LogP contribution in [-0.2, 0) is 16.0 Å². The summed E-state index contributed by atoms with van der Waals surface area (Å²) < 4.78 is 0. The van der Waals surface area contributed by atoms with Crippen LogP contribution in [0.5, 0.6) is 0 Å². The molecule has 2 aromatic heterocycles. The molecule has 2 amide bonds. The number of hydrogen-bond acceptors (Lipinski definition) is 10. The first kappa shape index (κ1) is 33.5. The normalized spacial score (nSPS) is 19.5. The standard InChI is InChI=1S/C34H42N8O2S2/c1-22(7-4-8-23(2)21-35-3)17-29(43)37-33-41-39-31(45-33)27-11-6-12-28(20-27)32-40-42-34(46-32)38-30(44)19-24-9-5-10-26(18-24)25-13-15-36-16-14-25/h4-5,7-10,18,21,25,27-28,36H,1,6,11-17,19-20H2,2-3H3,(H,37,41,43)(H,38,42,44)/b7-4-,23-8+,35-21-/t27-,28-/m0/s1. The average molecular weight is 659 g/mol. The molecule has 242 valence electrons. The van der Waals surface area contributed by atoms with Crippen molar-refractivity contribution in [2.24, 2.45) is 4.99 Å². The van der Waals surface area contributed by atoms with Crippen molar-refractivity contribution in [3.63, 3.8) is 0 Å². The van der Waals surface area contributed by atoms with Crippen LogP contribution in [0, 0.1) is 0 Å². The number of nitrogens with one attached hydrogen (secondary N) is 3. The Kier molecular flexibility index (Phi) is 12.1. The first-order valence-electron chi connectivity index (χ1n) is 15.9. The second-order valence-electron chi connectivity index (χ2n) is 12.0. The van der Waals surface area contributed by atoms with Gasteiger partial charge in [0.25, 0.3) is 0 Å². The molecule has 2 aliphatic rings. The first-order valence-corrected chi connectivity index (χ1v) is 17.5. The molecule has 0 spiro atoms. The number of aliphatic imine (C=N–C) groups is 1. The zero-order chi connectivity index (χ0) is 32.3. The minimum absolute atomic E-state index is 0.0800. The average Bonchev–Trinajstić information content (AvgIpc) is 3.72. The highest BCUT2D eigenvalue weighted by Gasteiger charge is 2.29. The molecule has 12 heteroatoms. The Hall–Kier alpha value is -3.87. The van der Waals surface area contributed by atoms with Crippen LogP contribution in [0.4, 0.5) is 10.3 Å². The van der Waals surface area contributed by atoms with Gasteiger partial charge in [0, 0.05) is 25.1 Å². The molecule has 5 rings (SSSR count). The lowest BCUT2D eigenvalue weighted by Crippen LogP contribution is -2.26. The number of benzene rings is 1. The number of nitrogens with zero attached hydrogens (tertiary/aromatic N) is 5. The number of aromatic nitrogens is 4. The van der Waals surface area contributed by atoms with Gasteiger partial charge in [0.2, 0.25) is 22.1 Å². The van der Waals surface area contributed by atoms with Crippen LogP contribution in [0.2, 0.25) is 0 Å². The number of amides is 2. The molecular weight excluding hydrogens is 617 g/mol. The summed E-state index contributed by atoms with van der Waals surface area (Å²) in [5.41, 5.74) is 4.05. The fraction of sp³-hybridized carbons (Fsp3) is 0.441. The smallest absolute Gasteiger partial charge is 0.230 e. The summed E-state index contributed by atoms with van der Waals surface area (Å²) in [7, 11) is 1.73. The monoisotopic (exact) mass is 658 g/mol. The second kappa shape index (κ2) is 16.6. The van der Waals surface area contributed by atoms with E-state index in [2.05, 4.69) is 66.1 Å². The molecule has 1 aromatic carbocycles. The van der Waals surface area contributed by atoms with Gasteiger partial charge < -0.3 is 16.0 Å². The number of piperidine rings is 1. The van der Waals surface area contributed by atoms with Gasteiger partial charge in [-0.25, -0.2) is 0 Å². The number of allylic oxidation sites excluding steroid dienone is 4. The van der Waals surface area contributed by atoms with Gasteiger partial charge in [-0.2, -0.15) is 0 Å². The lowest BCUT2D eigenvalue weighted by atomic mass is 9.82. The lowest BCUT2D eigenvalue weighted by Gasteiger charge is -2.25. The molecule has 3 aromatic rings. The van der Waals surface area contributed by atoms with Crippen LogP contribution < -0.4 is 16.0 Å². The molecule has 2 fully saturated rings. The molecule has 0 unspecified atom stereocenters. The maximum Gasteiger partial charge on any atom is 0.230 e. The van der Waals surface area contributed by atoms with Crippen molar-refractivity contribution in [3.05, 3.63) is 81.4 Å². The van der Waals surface area contributed by atoms with Gasteiger partial charge in [0.15, 0.2) is 0 Å². The van der Waals surface area contributed by atoms with E-state index in [0.29, 0.717) is 28.2 Å². The second-order valence-corrected chi connectivity index (χ2v) is 14.0. The van der Waals surface area contributed by atoms with Gasteiger partial charge in [-0.1, -0.05) is 78.2 Å². The maximum atomic E-state index is 12.9. The fourth-order valence-electron chi connectivity index (χ4n) is 6.01. The van der Waals surface area contributed by atoms with E-state index in [-0.39, 0.29) is 30.1 Å². The van der Waals surface area contributed by atoms with Crippen molar-refractivity contribution in [2.75, 3.05) is 30.8 Å². The van der Waals surface area contributed by atoms with Crippen LogP contribution >= 0.6 is 22.7 Å². The van der Waals surface area contributed by atoms with E-state index >= 15 is 0 Å². The quantitative estimate of drug-likeness (QED) is 0.148. The zero-order valence-corrected chi connectivity index (χ0v) is 28.1. The third kappa shape index (κ3) is 9.81. The number of hydrogen-bond donors (Lipinski definition) is 3. The van der Waals surface area contributed by atoms with E-state index in [1.807, 2.05) is 31.2 Å². The van der Waals surface area contributed by atoms with Crippen molar-refractivity contribution in [3.8, 4) is 0 Å². The summed E-state index contributed by atoms with van der Waals surface area (Å²) in [4.78, 5) is 29.4. The molecule has 46 heavy (non-hydrogen) atoms. The third-order valence-corrected chi connectivity index (χ3v) is 10.3. The summed E-state index contributed by atoms with van der Waals surface area (Å²) in [6.07, 6.45) is 14.1. The molecule has 3 heterocycles. The SMILES string of the molecule is C=C(\C=C/C=C(C)/C=N\C)CC(=O)Nc1nnc([C@H]2CCC[C@H](c3nnc(NC(=O)Cc4cccc(C5CCNCC5)c4)s3)C2)s1. The van der Waals surface area contributed by atoms with Gasteiger partial charge in [-0.3, -0.25) is 14.6 Å². The van der Waals surface area contributed by atoms with Crippen molar-refractivity contribution in [1.82, 2.24) is 25.7 Å². The van der Waals surface area contributed by atoms with Crippen molar-refractivity contribution < 1.29 is 9.59 Å². The molecular formula is C34H42N8O2S2. The minimum atomic E-state index is -0.174. The van der Waals surface area contributed by atoms with E-state index in [4.69, 9.17) is 0 Å². The highest BCUT2D eigenvalue weighted by molar-refractivity contribution is 7.15. The van der Waals surface area contributed by atoms with E-state index in [1.54, 1.807) is 13.3 Å². The van der Waals surface area contributed by atoms with Crippen LogP contribution in [0.15, 0.2) is 65.2 Å². The highest BCUT2D eigenvalue weighted by Crippen LogP contribution is 2.43. The highest BCUT2D eigenvalue weighted by atomic mass is 32.1. The lowest BCUT2D eigenvalue weighted by molar-refractivity contribution is -0.116. The summed E-state index contributed by atoms with van der Waals surface area (Å²) in [5.74, 6) is 0.769. The van der Waals surface area contributed by atoms with Crippen molar-refractivity contribution in [2.45, 2.75) is 76.0 Å². The van der Waals surface area contributed by atoms with E-state index in [0.717, 1.165) is 72.8 Å². The number of anilines is 2. The topological polar surface area (TPSA) is 134 Å². The maximum absolute atomic E-state index is 12.9. The van der Waals surface area contributed by atoms with Crippen molar-refractivity contribution in [1.29, 1.82) is 0 Å². The fourth-order valence-corrected chi connectivity index (χ4v) is 7.82. The Morgan fingerprint density at radius 3 is 2.33 bits per heavy atom. The Bertz CT molecular complexity index is 1600. The van der Waals surface area contributed by atoms with Crippen molar-refractivity contribution >= 4 is 51.0 Å². The Morgan fingerprint density at radius 1 is 0.978 bits per heavy atom. The summed E-state index contributed by atoms with van der Waals surface area (Å²) >= 11 is 2.88. The minimum Gasteiger partial charge on any atom is -0.317 e. The summed E-state index contributed by atoms with van der Waals surface area (Å²) in [6, 6.07) is 8.42. The summed E-state index contributed by atoms with van der Waals surface area (Å²) in [5, 5.41) is 29.5. The summed E-state index contributed by atoms with van der Waals surface area (Å²) in [6.45, 7) is 8.01. The van der Waals surface area contributed by atoms with Gasteiger partial charge in [-0.15, -0.1) is 20.4 Å². The number of carbonyl (C=O) groups is 2.